The highest BCUT2D eigenvalue weighted by atomic mass is 16.1. The summed E-state index contributed by atoms with van der Waals surface area (Å²) < 4.78 is 0. The molecule has 2 N–H and O–H groups in total. The zero-order chi connectivity index (χ0) is 12.7. The van der Waals surface area contributed by atoms with Crippen molar-refractivity contribution in [3.63, 3.8) is 0 Å². The van der Waals surface area contributed by atoms with Gasteiger partial charge < -0.3 is 9.97 Å². The first-order chi connectivity index (χ1) is 8.65. The van der Waals surface area contributed by atoms with E-state index in [0.29, 0.717) is 11.4 Å². The van der Waals surface area contributed by atoms with Crippen LogP contribution in [0.15, 0.2) is 35.4 Å². The first kappa shape index (κ1) is 10.8. The van der Waals surface area contributed by atoms with Gasteiger partial charge in [-0.05, 0) is 31.0 Å². The highest BCUT2D eigenvalue weighted by Gasteiger charge is 2.09. The lowest BCUT2D eigenvalue weighted by Crippen LogP contribution is -2.03. The standard InChI is InChI=1S/C14H13N3O/c1-8-5-9(2)13-11(6-8)16-14(17-13)10-7-15-4-3-12(10)18/h3-7H,1-2H3,(H,15,18)(H,16,17). The maximum atomic E-state index is 11.8. The quantitative estimate of drug-likeness (QED) is 0.685. The molecule has 0 saturated carbocycles. The lowest BCUT2D eigenvalue weighted by molar-refractivity contribution is 1.25. The minimum atomic E-state index is -0.0396. The molecule has 1 aromatic carbocycles. The van der Waals surface area contributed by atoms with Gasteiger partial charge in [-0.2, -0.15) is 0 Å². The van der Waals surface area contributed by atoms with E-state index in [9.17, 15) is 4.79 Å². The van der Waals surface area contributed by atoms with E-state index in [2.05, 4.69) is 21.0 Å². The van der Waals surface area contributed by atoms with Crippen molar-refractivity contribution in [3.8, 4) is 11.4 Å². The normalized spacial score (nSPS) is 11.0. The summed E-state index contributed by atoms with van der Waals surface area (Å²) in [5.41, 5.74) is 4.69. The molecule has 0 bridgehead atoms. The van der Waals surface area contributed by atoms with Crippen LogP contribution in [0.1, 0.15) is 11.1 Å². The number of benzene rings is 1. The molecule has 0 spiro atoms. The molecule has 0 aliphatic carbocycles. The van der Waals surface area contributed by atoms with Crippen molar-refractivity contribution in [2.75, 3.05) is 0 Å². The number of aromatic nitrogens is 3. The topological polar surface area (TPSA) is 61.5 Å². The van der Waals surface area contributed by atoms with Crippen LogP contribution in [0, 0.1) is 13.8 Å². The van der Waals surface area contributed by atoms with Crippen LogP contribution in [0.25, 0.3) is 22.4 Å². The number of hydrogen-bond acceptors (Lipinski definition) is 2. The molecule has 4 nitrogen and oxygen atoms in total. The highest BCUT2D eigenvalue weighted by Crippen LogP contribution is 2.21. The van der Waals surface area contributed by atoms with E-state index in [0.717, 1.165) is 16.6 Å². The van der Waals surface area contributed by atoms with Gasteiger partial charge in [0.15, 0.2) is 5.43 Å². The Morgan fingerprint density at radius 2 is 2.06 bits per heavy atom. The van der Waals surface area contributed by atoms with E-state index >= 15 is 0 Å². The summed E-state index contributed by atoms with van der Waals surface area (Å²) >= 11 is 0. The largest absolute Gasteiger partial charge is 0.367 e. The van der Waals surface area contributed by atoms with E-state index < -0.39 is 0 Å². The molecule has 90 valence electrons. The van der Waals surface area contributed by atoms with Crippen molar-refractivity contribution >= 4 is 11.0 Å². The van der Waals surface area contributed by atoms with Crippen LogP contribution in [-0.2, 0) is 0 Å². The summed E-state index contributed by atoms with van der Waals surface area (Å²) in [6.07, 6.45) is 3.28. The highest BCUT2D eigenvalue weighted by molar-refractivity contribution is 5.82. The van der Waals surface area contributed by atoms with Crippen LogP contribution in [0.5, 0.6) is 0 Å². The third kappa shape index (κ3) is 1.62. The van der Waals surface area contributed by atoms with Gasteiger partial charge in [0, 0.05) is 18.5 Å². The smallest absolute Gasteiger partial charge is 0.192 e. The molecule has 3 rings (SSSR count). The maximum Gasteiger partial charge on any atom is 0.192 e. The third-order valence-corrected chi connectivity index (χ3v) is 3.00. The van der Waals surface area contributed by atoms with Gasteiger partial charge in [-0.25, -0.2) is 4.98 Å². The predicted octanol–water partition coefficient (Wildman–Crippen LogP) is 2.54. The average Bonchev–Trinajstić information content (AvgIpc) is 2.73. The van der Waals surface area contributed by atoms with Gasteiger partial charge in [-0.3, -0.25) is 4.79 Å². The Morgan fingerprint density at radius 3 is 2.83 bits per heavy atom. The third-order valence-electron chi connectivity index (χ3n) is 3.00. The van der Waals surface area contributed by atoms with Crippen molar-refractivity contribution in [1.82, 2.24) is 15.0 Å². The Bertz CT molecular complexity index is 783. The van der Waals surface area contributed by atoms with Crippen LogP contribution in [0.4, 0.5) is 0 Å². The predicted molar refractivity (Wildman–Crippen MR) is 71.6 cm³/mol. The number of H-pyrrole nitrogens is 2. The van der Waals surface area contributed by atoms with E-state index in [4.69, 9.17) is 0 Å². The van der Waals surface area contributed by atoms with Gasteiger partial charge in [0.05, 0.1) is 16.6 Å². The number of aryl methyl sites for hydroxylation is 2. The van der Waals surface area contributed by atoms with Crippen LogP contribution in [0.2, 0.25) is 0 Å². The summed E-state index contributed by atoms with van der Waals surface area (Å²) in [5, 5.41) is 0. The molecule has 0 amide bonds. The van der Waals surface area contributed by atoms with Crippen molar-refractivity contribution in [2.24, 2.45) is 0 Å². The summed E-state index contributed by atoms with van der Waals surface area (Å²) in [5.74, 6) is 0.612. The fourth-order valence-corrected chi connectivity index (χ4v) is 2.20. The van der Waals surface area contributed by atoms with E-state index in [1.807, 2.05) is 19.9 Å². The van der Waals surface area contributed by atoms with Crippen molar-refractivity contribution in [3.05, 3.63) is 51.9 Å². The molecule has 0 unspecified atom stereocenters. The minimum absolute atomic E-state index is 0.0396. The molecule has 0 fully saturated rings. The molecule has 2 heterocycles. The lowest BCUT2D eigenvalue weighted by Gasteiger charge is -1.96. The number of pyridine rings is 1. The zero-order valence-corrected chi connectivity index (χ0v) is 10.2. The second kappa shape index (κ2) is 3.84. The Morgan fingerprint density at radius 1 is 1.22 bits per heavy atom. The van der Waals surface area contributed by atoms with Crippen LogP contribution in [-0.4, -0.2) is 15.0 Å². The molecule has 0 saturated heterocycles. The number of rotatable bonds is 1. The molecule has 2 aromatic heterocycles. The first-order valence-electron chi connectivity index (χ1n) is 5.79. The van der Waals surface area contributed by atoms with Gasteiger partial charge >= 0.3 is 0 Å². The Balaban J connectivity index is 2.30. The second-order valence-electron chi connectivity index (χ2n) is 4.49. The number of fused-ring (bicyclic) bond motifs is 1. The van der Waals surface area contributed by atoms with Gasteiger partial charge in [-0.15, -0.1) is 0 Å². The van der Waals surface area contributed by atoms with Crippen LogP contribution >= 0.6 is 0 Å². The summed E-state index contributed by atoms with van der Waals surface area (Å²) in [6.45, 7) is 4.07. The van der Waals surface area contributed by atoms with E-state index in [1.54, 1.807) is 12.4 Å². The van der Waals surface area contributed by atoms with Gasteiger partial charge in [0.2, 0.25) is 0 Å². The van der Waals surface area contributed by atoms with Crippen molar-refractivity contribution < 1.29 is 0 Å². The molecule has 4 heteroatoms. The van der Waals surface area contributed by atoms with Gasteiger partial charge in [0.25, 0.3) is 0 Å². The number of nitrogens with one attached hydrogen (secondary N) is 2. The lowest BCUT2D eigenvalue weighted by atomic mass is 10.1. The Labute approximate surface area is 104 Å². The molecule has 18 heavy (non-hydrogen) atoms. The summed E-state index contributed by atoms with van der Waals surface area (Å²) in [4.78, 5) is 22.4. The molecule has 0 aliphatic heterocycles. The van der Waals surface area contributed by atoms with Gasteiger partial charge in [-0.1, -0.05) is 6.07 Å². The summed E-state index contributed by atoms with van der Waals surface area (Å²) in [6, 6.07) is 5.62. The first-order valence-corrected chi connectivity index (χ1v) is 5.79. The number of aromatic amines is 2. The monoisotopic (exact) mass is 239 g/mol. The fourth-order valence-electron chi connectivity index (χ4n) is 2.20. The average molecular weight is 239 g/mol. The van der Waals surface area contributed by atoms with E-state index in [-0.39, 0.29) is 5.43 Å². The molecular weight excluding hydrogens is 226 g/mol. The molecule has 0 atom stereocenters. The Hall–Kier alpha value is -2.36. The number of nitrogens with zero attached hydrogens (tertiary/aromatic N) is 1. The summed E-state index contributed by atoms with van der Waals surface area (Å²) in [7, 11) is 0. The molecule has 3 aromatic rings. The Kier molecular flexibility index (Phi) is 2.30. The maximum absolute atomic E-state index is 11.8. The number of imidazole rings is 1. The van der Waals surface area contributed by atoms with Crippen molar-refractivity contribution in [2.45, 2.75) is 13.8 Å². The minimum Gasteiger partial charge on any atom is -0.367 e. The van der Waals surface area contributed by atoms with E-state index in [1.165, 1.54) is 11.6 Å². The SMILES string of the molecule is Cc1cc(C)c2nc(-c3c[nH]ccc3=O)[nH]c2c1. The van der Waals surface area contributed by atoms with Crippen LogP contribution in [0.3, 0.4) is 0 Å². The van der Waals surface area contributed by atoms with Gasteiger partial charge in [0.1, 0.15) is 5.82 Å². The number of hydrogen-bond donors (Lipinski definition) is 2. The van der Waals surface area contributed by atoms with Crippen molar-refractivity contribution in [1.29, 1.82) is 0 Å². The molecule has 0 radical (unpaired) electrons. The molecular formula is C14H13N3O. The second-order valence-corrected chi connectivity index (χ2v) is 4.49. The molecule has 0 aliphatic rings. The zero-order valence-electron chi connectivity index (χ0n) is 10.2. The van der Waals surface area contributed by atoms with Crippen LogP contribution < -0.4 is 5.43 Å². The fraction of sp³-hybridized carbons (Fsp3) is 0.143.